The number of rotatable bonds is 4. The first-order chi connectivity index (χ1) is 12.1. The topological polar surface area (TPSA) is 26.8 Å². The minimum atomic E-state index is -0.423. The molecule has 0 bridgehead atoms. The molecule has 2 aliphatic rings. The molecule has 0 unspecified atom stereocenters. The Labute approximate surface area is 154 Å². The van der Waals surface area contributed by atoms with Crippen LogP contribution in [0.5, 0.6) is 0 Å². The van der Waals surface area contributed by atoms with Crippen molar-refractivity contribution < 1.29 is 9.18 Å². The molecule has 1 atom stereocenters. The summed E-state index contributed by atoms with van der Waals surface area (Å²) in [6, 6.07) is 6.66. The maximum atomic E-state index is 13.6. The fourth-order valence-electron chi connectivity index (χ4n) is 3.87. The van der Waals surface area contributed by atoms with E-state index >= 15 is 0 Å². The second-order valence-corrected chi connectivity index (χ2v) is 8.35. The van der Waals surface area contributed by atoms with Crippen molar-refractivity contribution in [3.8, 4) is 0 Å². The summed E-state index contributed by atoms with van der Waals surface area (Å²) in [4.78, 5) is 19.5. The van der Waals surface area contributed by atoms with Crippen LogP contribution in [0.1, 0.15) is 24.4 Å². The first-order valence-electron chi connectivity index (χ1n) is 9.09. The van der Waals surface area contributed by atoms with Gasteiger partial charge in [0, 0.05) is 32.2 Å². The predicted octanol–water partition coefficient (Wildman–Crippen LogP) is 2.47. The lowest BCUT2D eigenvalue weighted by atomic mass is 10.0. The normalized spacial score (nSPS) is 21.5. The van der Waals surface area contributed by atoms with Crippen LogP contribution in [-0.4, -0.2) is 78.4 Å². The van der Waals surface area contributed by atoms with Gasteiger partial charge in [-0.05, 0) is 56.1 Å². The molecular formula is C19H28FN3OS. The maximum Gasteiger partial charge on any atom is 0.244 e. The third-order valence-electron chi connectivity index (χ3n) is 5.25. The monoisotopic (exact) mass is 365 g/mol. The van der Waals surface area contributed by atoms with Crippen LogP contribution in [0.4, 0.5) is 4.39 Å². The summed E-state index contributed by atoms with van der Waals surface area (Å²) in [5, 5.41) is 0. The van der Waals surface area contributed by atoms with E-state index in [1.165, 1.54) is 36.5 Å². The standard InChI is InChI=1S/C19H28FN3OS/c1-21(2)18(15-4-3-5-16(20)14-15)19(24)23-10-8-22(9-11-23)17-6-12-25-13-7-17/h3-5,14,17-18H,6-13H2,1-2H3/t18-/m0/s1. The van der Waals surface area contributed by atoms with E-state index in [0.717, 1.165) is 31.7 Å². The maximum absolute atomic E-state index is 13.6. The molecule has 2 saturated heterocycles. The molecule has 1 aromatic rings. The smallest absolute Gasteiger partial charge is 0.244 e. The molecule has 2 fully saturated rings. The molecule has 0 aliphatic carbocycles. The molecule has 0 saturated carbocycles. The molecule has 1 amide bonds. The highest BCUT2D eigenvalue weighted by Crippen LogP contribution is 2.25. The van der Waals surface area contributed by atoms with Gasteiger partial charge in [-0.3, -0.25) is 14.6 Å². The fraction of sp³-hybridized carbons (Fsp3) is 0.632. The third-order valence-corrected chi connectivity index (χ3v) is 6.30. The lowest BCUT2D eigenvalue weighted by Gasteiger charge is -2.42. The molecule has 25 heavy (non-hydrogen) atoms. The molecule has 2 heterocycles. The Morgan fingerprint density at radius 3 is 2.48 bits per heavy atom. The Hall–Kier alpha value is -1.11. The summed E-state index contributed by atoms with van der Waals surface area (Å²) in [6.07, 6.45) is 2.53. The van der Waals surface area contributed by atoms with E-state index < -0.39 is 6.04 Å². The molecule has 1 aromatic carbocycles. The van der Waals surface area contributed by atoms with E-state index in [4.69, 9.17) is 0 Å². The van der Waals surface area contributed by atoms with Gasteiger partial charge >= 0.3 is 0 Å². The lowest BCUT2D eigenvalue weighted by Crippen LogP contribution is -2.54. The summed E-state index contributed by atoms with van der Waals surface area (Å²) in [5.74, 6) is 2.30. The molecular weight excluding hydrogens is 337 g/mol. The Kier molecular flexibility index (Phi) is 6.36. The Balaban J connectivity index is 1.63. The van der Waals surface area contributed by atoms with Gasteiger partial charge in [0.05, 0.1) is 0 Å². The number of piperazine rings is 1. The molecule has 4 nitrogen and oxygen atoms in total. The van der Waals surface area contributed by atoms with E-state index in [1.807, 2.05) is 41.7 Å². The van der Waals surface area contributed by atoms with Crippen LogP contribution in [0.2, 0.25) is 0 Å². The number of halogens is 1. The van der Waals surface area contributed by atoms with Crippen LogP contribution in [0, 0.1) is 5.82 Å². The molecule has 0 spiro atoms. The third kappa shape index (κ3) is 4.54. The minimum absolute atomic E-state index is 0.0782. The van der Waals surface area contributed by atoms with Crippen LogP contribution >= 0.6 is 11.8 Å². The van der Waals surface area contributed by atoms with Gasteiger partial charge in [-0.2, -0.15) is 11.8 Å². The highest BCUT2D eigenvalue weighted by atomic mass is 32.2. The van der Waals surface area contributed by atoms with Gasteiger partial charge in [-0.25, -0.2) is 4.39 Å². The molecule has 0 N–H and O–H groups in total. The average molecular weight is 366 g/mol. The van der Waals surface area contributed by atoms with Crippen LogP contribution in [0.3, 0.4) is 0 Å². The number of hydrogen-bond donors (Lipinski definition) is 0. The average Bonchev–Trinajstić information content (AvgIpc) is 2.62. The first kappa shape index (κ1) is 18.7. The number of carbonyl (C=O) groups is 1. The largest absolute Gasteiger partial charge is 0.338 e. The summed E-state index contributed by atoms with van der Waals surface area (Å²) in [6.45, 7) is 3.43. The Bertz CT molecular complexity index is 584. The van der Waals surface area contributed by atoms with Crippen molar-refractivity contribution in [2.24, 2.45) is 0 Å². The second kappa shape index (κ2) is 8.52. The van der Waals surface area contributed by atoms with Gasteiger partial charge in [0.25, 0.3) is 0 Å². The first-order valence-corrected chi connectivity index (χ1v) is 10.2. The molecule has 6 heteroatoms. The minimum Gasteiger partial charge on any atom is -0.338 e. The van der Waals surface area contributed by atoms with Gasteiger partial charge in [0.2, 0.25) is 5.91 Å². The second-order valence-electron chi connectivity index (χ2n) is 7.13. The summed E-state index contributed by atoms with van der Waals surface area (Å²) in [7, 11) is 3.76. The number of carbonyl (C=O) groups excluding carboxylic acids is 1. The van der Waals surface area contributed by atoms with Crippen molar-refractivity contribution in [1.29, 1.82) is 0 Å². The van der Waals surface area contributed by atoms with E-state index in [0.29, 0.717) is 6.04 Å². The number of benzene rings is 1. The number of nitrogens with zero attached hydrogens (tertiary/aromatic N) is 3. The van der Waals surface area contributed by atoms with Crippen LogP contribution in [-0.2, 0) is 4.79 Å². The van der Waals surface area contributed by atoms with Gasteiger partial charge in [-0.1, -0.05) is 12.1 Å². The zero-order chi connectivity index (χ0) is 17.8. The van der Waals surface area contributed by atoms with Crippen molar-refractivity contribution in [2.75, 3.05) is 51.8 Å². The number of likely N-dealkylation sites (N-methyl/N-ethyl adjacent to an activating group) is 1. The van der Waals surface area contributed by atoms with Crippen molar-refractivity contribution in [3.63, 3.8) is 0 Å². The van der Waals surface area contributed by atoms with Crippen molar-refractivity contribution in [3.05, 3.63) is 35.6 Å². The Morgan fingerprint density at radius 2 is 1.88 bits per heavy atom. The zero-order valence-corrected chi connectivity index (χ0v) is 16.0. The number of thioether (sulfide) groups is 1. The predicted molar refractivity (Wildman–Crippen MR) is 101 cm³/mol. The summed E-state index contributed by atoms with van der Waals surface area (Å²) < 4.78 is 13.6. The molecule has 3 rings (SSSR count). The van der Waals surface area contributed by atoms with Gasteiger partial charge in [0.15, 0.2) is 0 Å². The van der Waals surface area contributed by atoms with Gasteiger partial charge in [-0.15, -0.1) is 0 Å². The molecule has 138 valence electrons. The van der Waals surface area contributed by atoms with Crippen LogP contribution < -0.4 is 0 Å². The Morgan fingerprint density at radius 1 is 1.20 bits per heavy atom. The fourth-order valence-corrected chi connectivity index (χ4v) is 4.95. The number of amides is 1. The van der Waals surface area contributed by atoms with Crippen LogP contribution in [0.25, 0.3) is 0 Å². The lowest BCUT2D eigenvalue weighted by molar-refractivity contribution is -0.138. The molecule has 2 aliphatic heterocycles. The SMILES string of the molecule is CN(C)[C@H](C(=O)N1CCN(C2CCSCC2)CC1)c1cccc(F)c1. The van der Waals surface area contributed by atoms with Gasteiger partial charge < -0.3 is 4.90 Å². The highest BCUT2D eigenvalue weighted by Gasteiger charge is 2.32. The number of hydrogen-bond acceptors (Lipinski definition) is 4. The molecule has 0 aromatic heterocycles. The van der Waals surface area contributed by atoms with E-state index in [9.17, 15) is 9.18 Å². The van der Waals surface area contributed by atoms with E-state index in [-0.39, 0.29) is 11.7 Å². The quantitative estimate of drug-likeness (QED) is 0.819. The summed E-state index contributed by atoms with van der Waals surface area (Å²) in [5.41, 5.74) is 0.724. The van der Waals surface area contributed by atoms with Crippen molar-refractivity contribution >= 4 is 17.7 Å². The van der Waals surface area contributed by atoms with E-state index in [2.05, 4.69) is 4.90 Å². The van der Waals surface area contributed by atoms with Crippen molar-refractivity contribution in [2.45, 2.75) is 24.9 Å². The zero-order valence-electron chi connectivity index (χ0n) is 15.2. The van der Waals surface area contributed by atoms with E-state index in [1.54, 1.807) is 6.07 Å². The van der Waals surface area contributed by atoms with Crippen LogP contribution in [0.15, 0.2) is 24.3 Å². The highest BCUT2D eigenvalue weighted by molar-refractivity contribution is 7.99. The molecule has 0 radical (unpaired) electrons. The van der Waals surface area contributed by atoms with Gasteiger partial charge in [0.1, 0.15) is 11.9 Å². The van der Waals surface area contributed by atoms with Crippen molar-refractivity contribution in [1.82, 2.24) is 14.7 Å². The summed E-state index contributed by atoms with van der Waals surface area (Å²) >= 11 is 2.05.